The summed E-state index contributed by atoms with van der Waals surface area (Å²) in [5.74, 6) is 0.642. The zero-order chi connectivity index (χ0) is 10.7. The van der Waals surface area contributed by atoms with Crippen LogP contribution in [0.5, 0.6) is 0 Å². The van der Waals surface area contributed by atoms with E-state index in [0.29, 0.717) is 5.82 Å². The van der Waals surface area contributed by atoms with Crippen LogP contribution < -0.4 is 10.6 Å². The van der Waals surface area contributed by atoms with Crippen molar-refractivity contribution in [3.8, 4) is 0 Å². The highest BCUT2D eigenvalue weighted by Crippen LogP contribution is 2.09. The summed E-state index contributed by atoms with van der Waals surface area (Å²) in [6.45, 7) is 0.931. The number of anilines is 1. The van der Waals surface area contributed by atoms with Gasteiger partial charge in [-0.05, 0) is 19.4 Å². The molecule has 0 bridgehead atoms. The first-order chi connectivity index (χ1) is 7.25. The number of aryl methyl sites for hydroxylation is 1. The monoisotopic (exact) mass is 208 g/mol. The summed E-state index contributed by atoms with van der Waals surface area (Å²) in [7, 11) is 1.83. The summed E-state index contributed by atoms with van der Waals surface area (Å²) in [5.41, 5.74) is 0. The second-order valence-electron chi connectivity index (χ2n) is 3.87. The lowest BCUT2D eigenvalue weighted by Crippen LogP contribution is -2.43. The number of carbonyl (C=O) groups excluding carboxylic acids is 1. The van der Waals surface area contributed by atoms with E-state index in [1.54, 1.807) is 10.7 Å². The van der Waals surface area contributed by atoms with Gasteiger partial charge in [-0.15, -0.1) is 0 Å². The van der Waals surface area contributed by atoms with Crippen LogP contribution in [0.2, 0.25) is 0 Å². The van der Waals surface area contributed by atoms with Crippen molar-refractivity contribution in [2.24, 2.45) is 7.05 Å². The van der Waals surface area contributed by atoms with E-state index in [1.165, 1.54) is 0 Å². The van der Waals surface area contributed by atoms with Crippen molar-refractivity contribution in [3.63, 3.8) is 0 Å². The first kappa shape index (κ1) is 10.2. The third-order valence-corrected chi connectivity index (χ3v) is 2.59. The van der Waals surface area contributed by atoms with E-state index in [1.807, 2.05) is 13.2 Å². The molecule has 1 aromatic heterocycles. The Morgan fingerprint density at radius 2 is 2.53 bits per heavy atom. The molecule has 0 saturated carbocycles. The fourth-order valence-corrected chi connectivity index (χ4v) is 1.77. The second-order valence-corrected chi connectivity index (χ2v) is 3.87. The Morgan fingerprint density at radius 1 is 1.67 bits per heavy atom. The molecule has 0 aliphatic carbocycles. The SMILES string of the molecule is Cn1ccc(NC(=O)C2CCCCN2)n1. The summed E-state index contributed by atoms with van der Waals surface area (Å²) in [6, 6.07) is 1.74. The predicted octanol–water partition coefficient (Wildman–Crippen LogP) is 0.501. The van der Waals surface area contributed by atoms with Crippen LogP contribution in [0.25, 0.3) is 0 Å². The summed E-state index contributed by atoms with van der Waals surface area (Å²) in [6.07, 6.45) is 5.00. The van der Waals surface area contributed by atoms with Crippen LogP contribution in [0.1, 0.15) is 19.3 Å². The second kappa shape index (κ2) is 4.44. The molecule has 5 nitrogen and oxygen atoms in total. The van der Waals surface area contributed by atoms with Crippen LogP contribution in [0, 0.1) is 0 Å². The van der Waals surface area contributed by atoms with Gasteiger partial charge in [0.15, 0.2) is 5.82 Å². The number of nitrogens with zero attached hydrogens (tertiary/aromatic N) is 2. The normalized spacial score (nSPS) is 21.3. The molecule has 15 heavy (non-hydrogen) atoms. The van der Waals surface area contributed by atoms with E-state index in [-0.39, 0.29) is 11.9 Å². The molecule has 1 aliphatic rings. The van der Waals surface area contributed by atoms with Gasteiger partial charge in [0.05, 0.1) is 6.04 Å². The zero-order valence-corrected chi connectivity index (χ0v) is 8.86. The fraction of sp³-hybridized carbons (Fsp3) is 0.600. The van der Waals surface area contributed by atoms with Crippen LogP contribution in [-0.4, -0.2) is 28.3 Å². The minimum Gasteiger partial charge on any atom is -0.308 e. The number of rotatable bonds is 2. The van der Waals surface area contributed by atoms with Gasteiger partial charge < -0.3 is 10.6 Å². The molecule has 1 aliphatic heterocycles. The zero-order valence-electron chi connectivity index (χ0n) is 8.86. The van der Waals surface area contributed by atoms with Gasteiger partial charge in [-0.3, -0.25) is 9.48 Å². The summed E-state index contributed by atoms with van der Waals surface area (Å²) >= 11 is 0. The lowest BCUT2D eigenvalue weighted by Gasteiger charge is -2.21. The molecule has 82 valence electrons. The van der Waals surface area contributed by atoms with Crippen LogP contribution in [0.3, 0.4) is 0 Å². The first-order valence-corrected chi connectivity index (χ1v) is 5.29. The smallest absolute Gasteiger partial charge is 0.242 e. The maximum atomic E-state index is 11.8. The Bertz CT molecular complexity index is 341. The van der Waals surface area contributed by atoms with Crippen LogP contribution in [-0.2, 0) is 11.8 Å². The lowest BCUT2D eigenvalue weighted by atomic mass is 10.0. The fourth-order valence-electron chi connectivity index (χ4n) is 1.77. The molecule has 0 spiro atoms. The number of hydrogen-bond acceptors (Lipinski definition) is 3. The molecule has 1 aromatic rings. The molecular formula is C10H16N4O. The Labute approximate surface area is 88.8 Å². The third kappa shape index (κ3) is 2.56. The van der Waals surface area contributed by atoms with Crippen molar-refractivity contribution < 1.29 is 4.79 Å². The van der Waals surface area contributed by atoms with Gasteiger partial charge in [0.25, 0.3) is 0 Å². The number of amides is 1. The Hall–Kier alpha value is -1.36. The van der Waals surface area contributed by atoms with Gasteiger partial charge in [0.1, 0.15) is 0 Å². The van der Waals surface area contributed by atoms with E-state index in [2.05, 4.69) is 15.7 Å². The summed E-state index contributed by atoms with van der Waals surface area (Å²) in [4.78, 5) is 11.8. The molecule has 5 heteroatoms. The van der Waals surface area contributed by atoms with Gasteiger partial charge in [-0.2, -0.15) is 5.10 Å². The van der Waals surface area contributed by atoms with Crippen LogP contribution in [0.4, 0.5) is 5.82 Å². The topological polar surface area (TPSA) is 59.0 Å². The average molecular weight is 208 g/mol. The molecule has 1 unspecified atom stereocenters. The Morgan fingerprint density at radius 3 is 3.13 bits per heavy atom. The van der Waals surface area contributed by atoms with E-state index in [4.69, 9.17) is 0 Å². The quantitative estimate of drug-likeness (QED) is 0.744. The maximum Gasteiger partial charge on any atom is 0.242 e. The molecule has 0 radical (unpaired) electrons. The predicted molar refractivity (Wildman–Crippen MR) is 57.5 cm³/mol. The minimum atomic E-state index is -0.0549. The van der Waals surface area contributed by atoms with Gasteiger partial charge in [-0.25, -0.2) is 0 Å². The summed E-state index contributed by atoms with van der Waals surface area (Å²) in [5, 5.41) is 10.1. The standard InChI is InChI=1S/C10H16N4O/c1-14-7-5-9(13-14)12-10(15)8-4-2-3-6-11-8/h5,7-8,11H,2-4,6H2,1H3,(H,12,13,15). The Balaban J connectivity index is 1.91. The van der Waals surface area contributed by atoms with Gasteiger partial charge in [-0.1, -0.05) is 6.42 Å². The van der Waals surface area contributed by atoms with E-state index < -0.39 is 0 Å². The van der Waals surface area contributed by atoms with Crippen LogP contribution in [0.15, 0.2) is 12.3 Å². The van der Waals surface area contributed by atoms with Crippen molar-refractivity contribution in [1.29, 1.82) is 0 Å². The number of piperidine rings is 1. The number of carbonyl (C=O) groups is 1. The number of hydrogen-bond donors (Lipinski definition) is 2. The molecule has 1 saturated heterocycles. The maximum absolute atomic E-state index is 11.8. The highest BCUT2D eigenvalue weighted by molar-refractivity contribution is 5.94. The van der Waals surface area contributed by atoms with Crippen LogP contribution >= 0.6 is 0 Å². The van der Waals surface area contributed by atoms with Crippen molar-refractivity contribution >= 4 is 11.7 Å². The van der Waals surface area contributed by atoms with E-state index >= 15 is 0 Å². The molecule has 2 heterocycles. The molecular weight excluding hydrogens is 192 g/mol. The van der Waals surface area contributed by atoms with E-state index in [0.717, 1.165) is 25.8 Å². The van der Waals surface area contributed by atoms with Gasteiger partial charge in [0.2, 0.25) is 5.91 Å². The first-order valence-electron chi connectivity index (χ1n) is 5.29. The van der Waals surface area contributed by atoms with Gasteiger partial charge in [0, 0.05) is 19.3 Å². The summed E-state index contributed by atoms with van der Waals surface area (Å²) < 4.78 is 1.67. The minimum absolute atomic E-state index is 0.0217. The Kier molecular flexibility index (Phi) is 3.01. The van der Waals surface area contributed by atoms with Crippen molar-refractivity contribution in [3.05, 3.63) is 12.3 Å². The third-order valence-electron chi connectivity index (χ3n) is 2.59. The number of aromatic nitrogens is 2. The highest BCUT2D eigenvalue weighted by atomic mass is 16.2. The number of nitrogens with one attached hydrogen (secondary N) is 2. The molecule has 1 amide bonds. The molecule has 2 rings (SSSR count). The van der Waals surface area contributed by atoms with Crippen molar-refractivity contribution in [1.82, 2.24) is 15.1 Å². The van der Waals surface area contributed by atoms with E-state index in [9.17, 15) is 4.79 Å². The lowest BCUT2D eigenvalue weighted by molar-refractivity contribution is -0.118. The molecule has 0 aromatic carbocycles. The molecule has 2 N–H and O–H groups in total. The van der Waals surface area contributed by atoms with Gasteiger partial charge >= 0.3 is 0 Å². The average Bonchev–Trinajstić information content (AvgIpc) is 2.65. The van der Waals surface area contributed by atoms with Crippen molar-refractivity contribution in [2.45, 2.75) is 25.3 Å². The largest absolute Gasteiger partial charge is 0.308 e. The highest BCUT2D eigenvalue weighted by Gasteiger charge is 2.20. The molecule has 1 fully saturated rings. The molecule has 1 atom stereocenters. The van der Waals surface area contributed by atoms with Crippen molar-refractivity contribution in [2.75, 3.05) is 11.9 Å².